The molecule has 1 aliphatic heterocycles. The summed E-state index contributed by atoms with van der Waals surface area (Å²) in [4.78, 5) is 6.55. The summed E-state index contributed by atoms with van der Waals surface area (Å²) in [6.45, 7) is 0.737. The van der Waals surface area contributed by atoms with Crippen LogP contribution < -0.4 is 4.90 Å². The Hall–Kier alpha value is -3.89. The highest BCUT2D eigenvalue weighted by atomic mass is 15.1. The van der Waals surface area contributed by atoms with Crippen LogP contribution in [-0.4, -0.2) is 11.5 Å². The van der Waals surface area contributed by atoms with Crippen LogP contribution in [-0.2, 0) is 6.42 Å². The molecule has 1 aromatic heterocycles. The number of fused-ring (bicyclic) bond motifs is 1. The highest BCUT2D eigenvalue weighted by Gasteiger charge is 2.22. The average molecular weight is 376 g/mol. The summed E-state index contributed by atoms with van der Waals surface area (Å²) in [7, 11) is 0. The van der Waals surface area contributed by atoms with Gasteiger partial charge in [0.2, 0.25) is 0 Å². The summed E-state index contributed by atoms with van der Waals surface area (Å²) in [5.74, 6) is 0. The van der Waals surface area contributed by atoms with Gasteiger partial charge in [-0.3, -0.25) is 0 Å². The van der Waals surface area contributed by atoms with Gasteiger partial charge in [-0.05, 0) is 37.0 Å². The second kappa shape index (κ2) is 8.42. The largest absolute Gasteiger partial charge is 0.340 e. The van der Waals surface area contributed by atoms with Crippen LogP contribution in [0.1, 0.15) is 35.2 Å². The minimum absolute atomic E-state index is 0.345. The smallest absolute Gasteiger partial charge is 0.148 e. The lowest BCUT2D eigenvalue weighted by Crippen LogP contribution is -2.26. The van der Waals surface area contributed by atoms with Gasteiger partial charge in [0, 0.05) is 35.3 Å². The first-order chi connectivity index (χ1) is 14.3. The van der Waals surface area contributed by atoms with Crippen molar-refractivity contribution >= 4 is 11.3 Å². The van der Waals surface area contributed by atoms with Crippen molar-refractivity contribution in [2.75, 3.05) is 11.4 Å². The van der Waals surface area contributed by atoms with Crippen LogP contribution in [0.3, 0.4) is 0 Å². The van der Waals surface area contributed by atoms with Crippen molar-refractivity contribution in [3.05, 3.63) is 101 Å². The molecule has 0 fully saturated rings. The second-order valence-corrected chi connectivity index (χ2v) is 6.94. The van der Waals surface area contributed by atoms with Crippen LogP contribution in [0, 0.1) is 22.7 Å². The zero-order valence-corrected chi connectivity index (χ0v) is 16.0. The van der Waals surface area contributed by atoms with Crippen molar-refractivity contribution in [1.82, 2.24) is 4.98 Å². The molecule has 0 bridgehead atoms. The minimum atomic E-state index is 0.345. The van der Waals surface area contributed by atoms with E-state index in [1.54, 1.807) is 6.07 Å². The third kappa shape index (κ3) is 3.74. The lowest BCUT2D eigenvalue weighted by Gasteiger charge is -2.32. The van der Waals surface area contributed by atoms with Crippen molar-refractivity contribution in [3.63, 3.8) is 0 Å². The third-order valence-electron chi connectivity index (χ3n) is 5.17. The van der Waals surface area contributed by atoms with Crippen LogP contribution in [0.2, 0.25) is 0 Å². The lowest BCUT2D eigenvalue weighted by molar-refractivity contribution is 0.869. The number of nitriles is 2. The van der Waals surface area contributed by atoms with Gasteiger partial charge in [-0.25, -0.2) is 4.98 Å². The molecule has 2 heterocycles. The molecule has 0 spiro atoms. The number of anilines is 1. The Balaban J connectivity index is 1.93. The van der Waals surface area contributed by atoms with E-state index in [-0.39, 0.29) is 0 Å². The molecule has 0 radical (unpaired) electrons. The van der Waals surface area contributed by atoms with Gasteiger partial charge in [-0.2, -0.15) is 10.5 Å². The van der Waals surface area contributed by atoms with Crippen molar-refractivity contribution in [1.29, 1.82) is 10.5 Å². The third-order valence-corrected chi connectivity index (χ3v) is 5.17. The Morgan fingerprint density at radius 3 is 2.72 bits per heavy atom. The standard InChI is InChI=1S/C25H20N4/c26-16-19-15-22(23(17-27)28-18-19)21-11-5-7-13-25(21)29-14-8-2-1-3-9-20-10-4-6-12-24(20)29/h1-6,8,10-12,15,18H,7,9,13-14H2/b3-1-,8-2-. The number of para-hydroxylation sites is 1. The fourth-order valence-electron chi connectivity index (χ4n) is 3.82. The van der Waals surface area contributed by atoms with Crippen LogP contribution in [0.5, 0.6) is 0 Å². The number of benzene rings is 1. The van der Waals surface area contributed by atoms with Crippen LogP contribution in [0.15, 0.2) is 78.7 Å². The molecule has 140 valence electrons. The molecule has 1 aromatic carbocycles. The van der Waals surface area contributed by atoms with E-state index in [2.05, 4.69) is 82.7 Å². The molecular formula is C25H20N4. The molecular weight excluding hydrogens is 356 g/mol. The molecule has 4 heteroatoms. The van der Waals surface area contributed by atoms with E-state index < -0.39 is 0 Å². The van der Waals surface area contributed by atoms with Gasteiger partial charge in [-0.1, -0.05) is 54.7 Å². The summed E-state index contributed by atoms with van der Waals surface area (Å²) in [6, 6.07) is 14.6. The van der Waals surface area contributed by atoms with Gasteiger partial charge in [0.15, 0.2) is 0 Å². The number of allylic oxidation sites excluding steroid dienone is 7. The van der Waals surface area contributed by atoms with Crippen molar-refractivity contribution in [2.45, 2.75) is 19.3 Å². The maximum atomic E-state index is 9.61. The first-order valence-electron chi connectivity index (χ1n) is 9.69. The molecule has 2 aliphatic rings. The summed E-state index contributed by atoms with van der Waals surface area (Å²) in [6.07, 6.45) is 16.8. The van der Waals surface area contributed by atoms with Gasteiger partial charge in [0.05, 0.1) is 5.56 Å². The summed E-state index contributed by atoms with van der Waals surface area (Å²) in [5.41, 5.74) is 6.08. The first-order valence-corrected chi connectivity index (χ1v) is 9.69. The van der Waals surface area contributed by atoms with E-state index in [1.165, 1.54) is 17.4 Å². The number of rotatable bonds is 2. The Labute approximate surface area is 171 Å². The molecule has 29 heavy (non-hydrogen) atoms. The zero-order chi connectivity index (χ0) is 20.1. The van der Waals surface area contributed by atoms with Gasteiger partial charge in [0.1, 0.15) is 17.8 Å². The number of aromatic nitrogens is 1. The number of hydrogen-bond donors (Lipinski definition) is 0. The number of pyridine rings is 1. The molecule has 0 unspecified atom stereocenters. The maximum absolute atomic E-state index is 9.61. The van der Waals surface area contributed by atoms with Gasteiger partial charge >= 0.3 is 0 Å². The van der Waals surface area contributed by atoms with E-state index in [1.807, 2.05) is 0 Å². The van der Waals surface area contributed by atoms with E-state index in [9.17, 15) is 10.5 Å². The monoisotopic (exact) mass is 376 g/mol. The highest BCUT2D eigenvalue weighted by Crippen LogP contribution is 2.36. The Morgan fingerprint density at radius 2 is 1.86 bits per heavy atom. The second-order valence-electron chi connectivity index (χ2n) is 6.94. The SMILES string of the molecule is N#Cc1cnc(C#N)c(C2=C(N3C/C=C\C=C/Cc4ccccc43)CCC=C2)c1. The van der Waals surface area contributed by atoms with E-state index in [0.717, 1.165) is 42.6 Å². The Morgan fingerprint density at radius 1 is 1.00 bits per heavy atom. The summed E-state index contributed by atoms with van der Waals surface area (Å²) in [5, 5.41) is 18.9. The number of nitrogens with zero attached hydrogens (tertiary/aromatic N) is 4. The van der Waals surface area contributed by atoms with Crippen molar-refractivity contribution < 1.29 is 0 Å². The normalized spacial score (nSPS) is 17.9. The fourth-order valence-corrected chi connectivity index (χ4v) is 3.82. The lowest BCUT2D eigenvalue weighted by atomic mass is 9.93. The molecule has 0 atom stereocenters. The van der Waals surface area contributed by atoms with Crippen molar-refractivity contribution in [3.8, 4) is 12.1 Å². The quantitative estimate of drug-likeness (QED) is 0.735. The molecule has 0 saturated carbocycles. The molecule has 0 N–H and O–H groups in total. The van der Waals surface area contributed by atoms with E-state index in [4.69, 9.17) is 0 Å². The first kappa shape index (κ1) is 18.5. The number of hydrogen-bond acceptors (Lipinski definition) is 4. The predicted molar refractivity (Wildman–Crippen MR) is 115 cm³/mol. The van der Waals surface area contributed by atoms with Crippen LogP contribution in [0.25, 0.3) is 5.57 Å². The van der Waals surface area contributed by atoms with Gasteiger partial charge < -0.3 is 4.90 Å². The topological polar surface area (TPSA) is 63.7 Å². The van der Waals surface area contributed by atoms with Crippen LogP contribution in [0.4, 0.5) is 5.69 Å². The van der Waals surface area contributed by atoms with E-state index >= 15 is 0 Å². The van der Waals surface area contributed by atoms with Crippen LogP contribution >= 0.6 is 0 Å². The molecule has 1 aliphatic carbocycles. The maximum Gasteiger partial charge on any atom is 0.148 e. The van der Waals surface area contributed by atoms with E-state index in [0.29, 0.717) is 11.3 Å². The summed E-state index contributed by atoms with van der Waals surface area (Å²) < 4.78 is 0. The molecule has 0 amide bonds. The Bertz CT molecular complexity index is 1140. The fraction of sp³-hybridized carbons (Fsp3) is 0.160. The Kier molecular flexibility index (Phi) is 5.36. The minimum Gasteiger partial charge on any atom is -0.340 e. The predicted octanol–water partition coefficient (Wildman–Crippen LogP) is 5.06. The highest BCUT2D eigenvalue weighted by molar-refractivity contribution is 5.83. The molecule has 2 aromatic rings. The molecule has 0 saturated heterocycles. The van der Waals surface area contributed by atoms with Gasteiger partial charge in [0.25, 0.3) is 0 Å². The van der Waals surface area contributed by atoms with Gasteiger partial charge in [-0.15, -0.1) is 0 Å². The van der Waals surface area contributed by atoms with Crippen molar-refractivity contribution in [2.24, 2.45) is 0 Å². The zero-order valence-electron chi connectivity index (χ0n) is 16.0. The summed E-state index contributed by atoms with van der Waals surface area (Å²) >= 11 is 0. The molecule has 4 rings (SSSR count). The molecule has 4 nitrogen and oxygen atoms in total. The average Bonchev–Trinajstić information content (AvgIpc) is 2.89.